The molecular weight excluding hydrogens is 348 g/mol. The van der Waals surface area contributed by atoms with Crippen molar-refractivity contribution in [2.45, 2.75) is 43.9 Å². The van der Waals surface area contributed by atoms with Crippen LogP contribution in [0.25, 0.3) is 0 Å². The average Bonchev–Trinajstić information content (AvgIpc) is 3.17. The number of likely N-dealkylation sites (tertiary alicyclic amines) is 1. The highest BCUT2D eigenvalue weighted by Gasteiger charge is 2.41. The Morgan fingerprint density at radius 1 is 1.27 bits per heavy atom. The molecule has 0 radical (unpaired) electrons. The summed E-state index contributed by atoms with van der Waals surface area (Å²) in [5.74, 6) is 0.489. The lowest BCUT2D eigenvalue weighted by molar-refractivity contribution is -0.143. The molecule has 1 heterocycles. The van der Waals surface area contributed by atoms with E-state index in [9.17, 15) is 17.6 Å². The van der Waals surface area contributed by atoms with Gasteiger partial charge in [-0.2, -0.15) is 13.2 Å². The Morgan fingerprint density at radius 2 is 2.04 bits per heavy atom. The van der Waals surface area contributed by atoms with Crippen LogP contribution in [0.3, 0.4) is 0 Å². The van der Waals surface area contributed by atoms with Crippen LogP contribution in [0.2, 0.25) is 0 Å². The molecule has 0 bridgehead atoms. The van der Waals surface area contributed by atoms with Gasteiger partial charge in [0.2, 0.25) is 0 Å². The molecule has 144 valence electrons. The van der Waals surface area contributed by atoms with E-state index in [4.69, 9.17) is 0 Å². The van der Waals surface area contributed by atoms with E-state index in [-0.39, 0.29) is 23.8 Å². The molecule has 2 N–H and O–H groups in total. The minimum Gasteiger partial charge on any atom is -0.353 e. The maximum absolute atomic E-state index is 13.9. The Bertz CT molecular complexity index is 646. The number of guanidine groups is 1. The largest absolute Gasteiger partial charge is 0.401 e. The zero-order chi connectivity index (χ0) is 18.7. The Morgan fingerprint density at radius 3 is 2.73 bits per heavy atom. The predicted molar refractivity (Wildman–Crippen MR) is 92.7 cm³/mol. The van der Waals surface area contributed by atoms with Gasteiger partial charge in [0.1, 0.15) is 5.82 Å². The molecule has 1 saturated carbocycles. The maximum atomic E-state index is 13.9. The van der Waals surface area contributed by atoms with E-state index >= 15 is 0 Å². The molecule has 26 heavy (non-hydrogen) atoms. The zero-order valence-electron chi connectivity index (χ0n) is 14.7. The maximum Gasteiger partial charge on any atom is 0.401 e. The molecule has 1 aromatic rings. The lowest BCUT2D eigenvalue weighted by atomic mass is 10.1. The standard InChI is InChI=1S/C18H24F4N4/c1-2-23-17(24-12-7-8-26(10-12)11-18(20,21)22)25-16-9-14(16)13-5-3-4-6-15(13)19/h3-6,12,14,16H,2,7-11H2,1H3,(H2,23,24,25). The van der Waals surface area contributed by atoms with Gasteiger partial charge in [0.15, 0.2) is 5.96 Å². The van der Waals surface area contributed by atoms with Gasteiger partial charge in [-0.25, -0.2) is 4.39 Å². The zero-order valence-corrected chi connectivity index (χ0v) is 14.7. The van der Waals surface area contributed by atoms with Crippen molar-refractivity contribution >= 4 is 5.96 Å². The summed E-state index contributed by atoms with van der Waals surface area (Å²) < 4.78 is 51.4. The number of halogens is 4. The summed E-state index contributed by atoms with van der Waals surface area (Å²) in [6, 6.07) is 6.76. The SMILES string of the molecule is CCN=C(NC1CCN(CC(F)(F)F)C1)NC1CC1c1ccccc1F. The summed E-state index contributed by atoms with van der Waals surface area (Å²) >= 11 is 0. The average molecular weight is 372 g/mol. The lowest BCUT2D eigenvalue weighted by Gasteiger charge is -2.20. The smallest absolute Gasteiger partial charge is 0.353 e. The number of hydrogen-bond donors (Lipinski definition) is 2. The molecule has 4 nitrogen and oxygen atoms in total. The number of benzene rings is 1. The predicted octanol–water partition coefficient (Wildman–Crippen LogP) is 2.87. The van der Waals surface area contributed by atoms with Gasteiger partial charge in [-0.3, -0.25) is 9.89 Å². The molecule has 2 aliphatic rings. The fraction of sp³-hybridized carbons (Fsp3) is 0.611. The Labute approximate surface area is 150 Å². The van der Waals surface area contributed by atoms with Gasteiger partial charge in [0.05, 0.1) is 6.54 Å². The van der Waals surface area contributed by atoms with Crippen LogP contribution in [0, 0.1) is 5.82 Å². The van der Waals surface area contributed by atoms with Gasteiger partial charge in [-0.15, -0.1) is 0 Å². The van der Waals surface area contributed by atoms with Crippen molar-refractivity contribution in [3.8, 4) is 0 Å². The highest BCUT2D eigenvalue weighted by atomic mass is 19.4. The number of nitrogens with one attached hydrogen (secondary N) is 2. The van der Waals surface area contributed by atoms with E-state index < -0.39 is 12.7 Å². The van der Waals surface area contributed by atoms with E-state index in [0.717, 1.165) is 6.42 Å². The number of alkyl halides is 3. The van der Waals surface area contributed by atoms with Crippen LogP contribution in [0.4, 0.5) is 17.6 Å². The van der Waals surface area contributed by atoms with Gasteiger partial charge in [-0.1, -0.05) is 18.2 Å². The summed E-state index contributed by atoms with van der Waals surface area (Å²) in [7, 11) is 0. The van der Waals surface area contributed by atoms with E-state index in [2.05, 4.69) is 15.6 Å². The third-order valence-electron chi connectivity index (χ3n) is 4.75. The number of nitrogens with zero attached hydrogens (tertiary/aromatic N) is 2. The van der Waals surface area contributed by atoms with Gasteiger partial charge in [0, 0.05) is 37.6 Å². The van der Waals surface area contributed by atoms with Gasteiger partial charge in [-0.05, 0) is 31.4 Å². The lowest BCUT2D eigenvalue weighted by Crippen LogP contribution is -2.46. The molecule has 1 aliphatic heterocycles. The van der Waals surface area contributed by atoms with Crippen molar-refractivity contribution in [2.24, 2.45) is 4.99 Å². The monoisotopic (exact) mass is 372 g/mol. The van der Waals surface area contributed by atoms with Crippen LogP contribution in [0.15, 0.2) is 29.3 Å². The first-order valence-electron chi connectivity index (χ1n) is 8.96. The summed E-state index contributed by atoms with van der Waals surface area (Å²) in [4.78, 5) is 5.78. The molecule has 1 saturated heterocycles. The molecule has 3 rings (SSSR count). The number of rotatable bonds is 5. The van der Waals surface area contributed by atoms with Gasteiger partial charge < -0.3 is 10.6 Å². The molecule has 8 heteroatoms. The first kappa shape index (κ1) is 18.9. The molecule has 1 aliphatic carbocycles. The Balaban J connectivity index is 1.52. The molecule has 0 aromatic heterocycles. The normalized spacial score (nSPS) is 26.8. The highest BCUT2D eigenvalue weighted by Crippen LogP contribution is 2.41. The Hall–Kier alpha value is -1.83. The van der Waals surface area contributed by atoms with Crippen molar-refractivity contribution in [1.29, 1.82) is 0 Å². The number of aliphatic imine (C=N–C) groups is 1. The fourth-order valence-corrected chi connectivity index (χ4v) is 3.48. The quantitative estimate of drug-likeness (QED) is 0.474. The molecule has 3 atom stereocenters. The minimum atomic E-state index is -4.17. The van der Waals surface area contributed by atoms with Gasteiger partial charge in [0.25, 0.3) is 0 Å². The van der Waals surface area contributed by atoms with Crippen LogP contribution < -0.4 is 10.6 Å². The summed E-state index contributed by atoms with van der Waals surface area (Å²) in [5.41, 5.74) is 0.693. The second-order valence-corrected chi connectivity index (χ2v) is 6.92. The van der Waals surface area contributed by atoms with Crippen LogP contribution in [0.1, 0.15) is 31.2 Å². The van der Waals surface area contributed by atoms with E-state index in [1.165, 1.54) is 11.0 Å². The summed E-state index contributed by atoms with van der Waals surface area (Å²) in [5, 5.41) is 6.52. The molecule has 0 spiro atoms. The number of hydrogen-bond acceptors (Lipinski definition) is 2. The molecule has 0 amide bonds. The van der Waals surface area contributed by atoms with Crippen LogP contribution in [-0.2, 0) is 0 Å². The molecular formula is C18H24F4N4. The van der Waals surface area contributed by atoms with Crippen LogP contribution >= 0.6 is 0 Å². The first-order valence-corrected chi connectivity index (χ1v) is 8.96. The van der Waals surface area contributed by atoms with E-state index in [0.29, 0.717) is 37.6 Å². The minimum absolute atomic E-state index is 0.0687. The van der Waals surface area contributed by atoms with Crippen LogP contribution in [0.5, 0.6) is 0 Å². The van der Waals surface area contributed by atoms with E-state index in [1.807, 2.05) is 13.0 Å². The van der Waals surface area contributed by atoms with Crippen molar-refractivity contribution < 1.29 is 17.6 Å². The molecule has 3 unspecified atom stereocenters. The van der Waals surface area contributed by atoms with Crippen molar-refractivity contribution in [1.82, 2.24) is 15.5 Å². The van der Waals surface area contributed by atoms with Crippen molar-refractivity contribution in [3.05, 3.63) is 35.6 Å². The van der Waals surface area contributed by atoms with E-state index in [1.54, 1.807) is 12.1 Å². The summed E-state index contributed by atoms with van der Waals surface area (Å²) in [6.45, 7) is 2.33. The fourth-order valence-electron chi connectivity index (χ4n) is 3.48. The Kier molecular flexibility index (Phi) is 5.70. The second kappa shape index (κ2) is 7.82. The van der Waals surface area contributed by atoms with Crippen molar-refractivity contribution in [2.75, 3.05) is 26.2 Å². The molecule has 2 fully saturated rings. The van der Waals surface area contributed by atoms with Crippen LogP contribution in [-0.4, -0.2) is 55.3 Å². The summed E-state index contributed by atoms with van der Waals surface area (Å²) in [6.07, 6.45) is -2.72. The first-order chi connectivity index (χ1) is 12.4. The second-order valence-electron chi connectivity index (χ2n) is 6.92. The third kappa shape index (κ3) is 5.09. The van der Waals surface area contributed by atoms with Gasteiger partial charge >= 0.3 is 6.18 Å². The molecule has 1 aromatic carbocycles. The highest BCUT2D eigenvalue weighted by molar-refractivity contribution is 5.81. The third-order valence-corrected chi connectivity index (χ3v) is 4.75. The topological polar surface area (TPSA) is 39.7 Å². The van der Waals surface area contributed by atoms with Crippen molar-refractivity contribution in [3.63, 3.8) is 0 Å².